The third-order valence-electron chi connectivity index (χ3n) is 2.02. The summed E-state index contributed by atoms with van der Waals surface area (Å²) in [5.41, 5.74) is 0.118. The normalized spacial score (nSPS) is 10.2. The maximum Gasteiger partial charge on any atom is 0.337 e. The van der Waals surface area contributed by atoms with Crippen molar-refractivity contribution in [3.05, 3.63) is 44.8 Å². The van der Waals surface area contributed by atoms with Gasteiger partial charge in [-0.3, -0.25) is 4.98 Å². The molecule has 2 heterocycles. The Bertz CT molecular complexity index is 541. The van der Waals surface area contributed by atoms with Crippen LogP contribution in [0.2, 0.25) is 0 Å². The molecule has 0 fully saturated rings. The maximum atomic E-state index is 10.7. The first-order chi connectivity index (χ1) is 8.16. The molecule has 0 saturated carbocycles. The Labute approximate surface area is 110 Å². The Morgan fingerprint density at radius 3 is 3.00 bits per heavy atom. The molecule has 0 unspecified atom stereocenters. The molecule has 88 valence electrons. The van der Waals surface area contributed by atoms with E-state index < -0.39 is 5.97 Å². The fourth-order valence-corrected chi connectivity index (χ4v) is 2.57. The first kappa shape index (κ1) is 12.1. The molecule has 0 saturated heterocycles. The highest BCUT2D eigenvalue weighted by atomic mass is 79.9. The van der Waals surface area contributed by atoms with Crippen molar-refractivity contribution in [2.75, 3.05) is 0 Å². The van der Waals surface area contributed by atoms with E-state index in [9.17, 15) is 4.79 Å². The molecule has 1 N–H and O–H groups in total. The molecular weight excluding hydrogens is 306 g/mol. The molecule has 0 aliphatic heterocycles. The van der Waals surface area contributed by atoms with Gasteiger partial charge in [0.2, 0.25) is 0 Å². The van der Waals surface area contributed by atoms with Crippen LogP contribution in [0, 0.1) is 0 Å². The van der Waals surface area contributed by atoms with E-state index in [0.29, 0.717) is 12.4 Å². The second-order valence-electron chi connectivity index (χ2n) is 3.19. The molecule has 0 radical (unpaired) electrons. The lowest BCUT2D eigenvalue weighted by atomic mass is 10.3. The zero-order valence-electron chi connectivity index (χ0n) is 8.59. The number of rotatable bonds is 4. The number of ether oxygens (including phenoxy) is 1. The quantitative estimate of drug-likeness (QED) is 0.941. The Hall–Kier alpha value is -1.40. The lowest BCUT2D eigenvalue weighted by Gasteiger charge is -2.05. The summed E-state index contributed by atoms with van der Waals surface area (Å²) < 4.78 is 6.47. The molecule has 2 aromatic heterocycles. The van der Waals surface area contributed by atoms with Gasteiger partial charge in [-0.15, -0.1) is 11.3 Å². The van der Waals surface area contributed by atoms with Crippen LogP contribution in [0.15, 0.2) is 34.4 Å². The summed E-state index contributed by atoms with van der Waals surface area (Å²) >= 11 is 4.97. The molecule has 2 aromatic rings. The number of thiophene rings is 1. The third kappa shape index (κ3) is 3.04. The largest absolute Gasteiger partial charge is 0.486 e. The van der Waals surface area contributed by atoms with Crippen molar-refractivity contribution < 1.29 is 14.6 Å². The fourth-order valence-electron chi connectivity index (χ4n) is 1.19. The summed E-state index contributed by atoms with van der Waals surface area (Å²) in [6, 6.07) is 3.39. The van der Waals surface area contributed by atoms with Crippen LogP contribution in [-0.2, 0) is 6.61 Å². The molecule has 0 amide bonds. The van der Waals surface area contributed by atoms with Gasteiger partial charge in [0.25, 0.3) is 0 Å². The predicted octanol–water partition coefficient (Wildman–Crippen LogP) is 3.18. The number of aromatic carboxylic acids is 1. The highest BCUT2D eigenvalue weighted by Gasteiger charge is 2.06. The zero-order chi connectivity index (χ0) is 12.3. The number of hydrogen-bond donors (Lipinski definition) is 1. The summed E-state index contributed by atoms with van der Waals surface area (Å²) in [7, 11) is 0. The molecule has 4 nitrogen and oxygen atoms in total. The highest BCUT2D eigenvalue weighted by molar-refractivity contribution is 9.10. The number of pyridine rings is 1. The van der Waals surface area contributed by atoms with Crippen LogP contribution < -0.4 is 4.74 Å². The molecule has 0 spiro atoms. The van der Waals surface area contributed by atoms with Gasteiger partial charge >= 0.3 is 5.97 Å². The van der Waals surface area contributed by atoms with Crippen molar-refractivity contribution in [2.24, 2.45) is 0 Å². The first-order valence-electron chi connectivity index (χ1n) is 4.70. The van der Waals surface area contributed by atoms with E-state index in [4.69, 9.17) is 9.84 Å². The van der Waals surface area contributed by atoms with Crippen LogP contribution in [0.25, 0.3) is 0 Å². The van der Waals surface area contributed by atoms with E-state index in [1.165, 1.54) is 18.5 Å². The number of carbonyl (C=O) groups is 1. The Kier molecular flexibility index (Phi) is 3.75. The second kappa shape index (κ2) is 5.29. The lowest BCUT2D eigenvalue weighted by Crippen LogP contribution is -1.99. The van der Waals surface area contributed by atoms with Crippen molar-refractivity contribution in [3.8, 4) is 5.75 Å². The van der Waals surface area contributed by atoms with Crippen LogP contribution >= 0.6 is 27.3 Å². The Morgan fingerprint density at radius 1 is 1.53 bits per heavy atom. The van der Waals surface area contributed by atoms with Gasteiger partial charge in [-0.05, 0) is 33.4 Å². The van der Waals surface area contributed by atoms with Crippen LogP contribution in [0.3, 0.4) is 0 Å². The summed E-state index contributed by atoms with van der Waals surface area (Å²) in [6.07, 6.45) is 2.78. The van der Waals surface area contributed by atoms with Crippen LogP contribution in [0.1, 0.15) is 15.2 Å². The van der Waals surface area contributed by atoms with Crippen LogP contribution in [0.5, 0.6) is 5.75 Å². The van der Waals surface area contributed by atoms with Crippen molar-refractivity contribution in [3.63, 3.8) is 0 Å². The number of aromatic nitrogens is 1. The Balaban J connectivity index is 2.07. The smallest absolute Gasteiger partial charge is 0.337 e. The van der Waals surface area contributed by atoms with Crippen molar-refractivity contribution >= 4 is 33.2 Å². The molecule has 0 aliphatic carbocycles. The van der Waals surface area contributed by atoms with E-state index in [1.54, 1.807) is 11.3 Å². The monoisotopic (exact) mass is 313 g/mol. The average molecular weight is 314 g/mol. The van der Waals surface area contributed by atoms with Crippen molar-refractivity contribution in [2.45, 2.75) is 6.61 Å². The lowest BCUT2D eigenvalue weighted by molar-refractivity contribution is 0.0696. The molecule has 0 atom stereocenters. The summed E-state index contributed by atoms with van der Waals surface area (Å²) in [4.78, 5) is 15.6. The molecule has 17 heavy (non-hydrogen) atoms. The number of halogens is 1. The summed E-state index contributed by atoms with van der Waals surface area (Å²) in [6.45, 7) is 0.392. The van der Waals surface area contributed by atoms with E-state index in [0.717, 1.165) is 9.35 Å². The van der Waals surface area contributed by atoms with E-state index in [-0.39, 0.29) is 5.56 Å². The van der Waals surface area contributed by atoms with E-state index in [1.807, 2.05) is 11.4 Å². The number of nitrogens with zero attached hydrogens (tertiary/aromatic N) is 1. The van der Waals surface area contributed by atoms with Gasteiger partial charge in [-0.2, -0.15) is 0 Å². The molecule has 0 aliphatic rings. The maximum absolute atomic E-state index is 10.7. The topological polar surface area (TPSA) is 59.4 Å². The first-order valence-corrected chi connectivity index (χ1v) is 6.37. The summed E-state index contributed by atoms with van der Waals surface area (Å²) in [5.74, 6) is -0.564. The fraction of sp³-hybridized carbons (Fsp3) is 0.0909. The molecule has 0 aromatic carbocycles. The van der Waals surface area contributed by atoms with Crippen molar-refractivity contribution in [1.29, 1.82) is 0 Å². The number of carboxylic acid groups (broad SMARTS) is 1. The predicted molar refractivity (Wildman–Crippen MR) is 67.5 cm³/mol. The van der Waals surface area contributed by atoms with Gasteiger partial charge in [0, 0.05) is 10.7 Å². The van der Waals surface area contributed by atoms with E-state index >= 15 is 0 Å². The Morgan fingerprint density at radius 2 is 2.35 bits per heavy atom. The standard InChI is InChI=1S/C11H8BrNO3S/c12-9-1-2-17-10(9)6-16-8-3-7(11(14)15)4-13-5-8/h1-5H,6H2,(H,14,15). The van der Waals surface area contributed by atoms with Gasteiger partial charge in [0.05, 0.1) is 16.6 Å². The summed E-state index contributed by atoms with van der Waals surface area (Å²) in [5, 5.41) is 10.8. The highest BCUT2D eigenvalue weighted by Crippen LogP contribution is 2.24. The van der Waals surface area contributed by atoms with Gasteiger partial charge in [-0.25, -0.2) is 4.79 Å². The van der Waals surface area contributed by atoms with Gasteiger partial charge in [-0.1, -0.05) is 0 Å². The number of carboxylic acids is 1. The zero-order valence-corrected chi connectivity index (χ0v) is 11.0. The molecular formula is C11H8BrNO3S. The molecule has 2 rings (SSSR count). The average Bonchev–Trinajstić information content (AvgIpc) is 2.72. The van der Waals surface area contributed by atoms with Gasteiger partial charge in [0.15, 0.2) is 0 Å². The van der Waals surface area contributed by atoms with E-state index in [2.05, 4.69) is 20.9 Å². The second-order valence-corrected chi connectivity index (χ2v) is 5.05. The third-order valence-corrected chi connectivity index (χ3v) is 3.92. The van der Waals surface area contributed by atoms with Crippen LogP contribution in [-0.4, -0.2) is 16.1 Å². The SMILES string of the molecule is O=C(O)c1cncc(OCc2sccc2Br)c1. The minimum Gasteiger partial charge on any atom is -0.486 e. The van der Waals surface area contributed by atoms with Gasteiger partial charge < -0.3 is 9.84 Å². The molecule has 6 heteroatoms. The van der Waals surface area contributed by atoms with Crippen LogP contribution in [0.4, 0.5) is 0 Å². The minimum absolute atomic E-state index is 0.118. The molecule has 0 bridgehead atoms. The minimum atomic E-state index is -1.01. The van der Waals surface area contributed by atoms with Gasteiger partial charge in [0.1, 0.15) is 12.4 Å². The number of hydrogen-bond acceptors (Lipinski definition) is 4. The van der Waals surface area contributed by atoms with Crippen molar-refractivity contribution in [1.82, 2.24) is 4.98 Å².